The molecular formula is C16H20N4O4. The Hall–Kier alpha value is -2.64. The van der Waals surface area contributed by atoms with E-state index >= 15 is 0 Å². The van der Waals surface area contributed by atoms with E-state index in [1.54, 1.807) is 13.1 Å². The molecule has 1 saturated heterocycles. The van der Waals surface area contributed by atoms with E-state index in [0.717, 1.165) is 31.6 Å². The average molecular weight is 332 g/mol. The van der Waals surface area contributed by atoms with Gasteiger partial charge in [0, 0.05) is 37.8 Å². The Labute approximate surface area is 139 Å². The molecule has 2 aromatic heterocycles. The van der Waals surface area contributed by atoms with Crippen molar-refractivity contribution in [3.63, 3.8) is 0 Å². The van der Waals surface area contributed by atoms with Crippen LogP contribution in [0.25, 0.3) is 0 Å². The summed E-state index contributed by atoms with van der Waals surface area (Å²) in [7, 11) is 0. The molecule has 1 aliphatic rings. The molecule has 2 aromatic rings. The lowest BCUT2D eigenvalue weighted by Crippen LogP contribution is -2.38. The number of aromatic nitrogens is 3. The Morgan fingerprint density at radius 3 is 2.88 bits per heavy atom. The summed E-state index contributed by atoms with van der Waals surface area (Å²) in [6.45, 7) is 5.41. The summed E-state index contributed by atoms with van der Waals surface area (Å²) in [4.78, 5) is 26.2. The summed E-state index contributed by atoms with van der Waals surface area (Å²) in [6, 6.07) is 2.68. The largest absolute Gasteiger partial charge is 0.461 e. The van der Waals surface area contributed by atoms with Gasteiger partial charge in [0.25, 0.3) is 6.01 Å². The Kier molecular flexibility index (Phi) is 4.93. The van der Waals surface area contributed by atoms with Crippen molar-refractivity contribution >= 4 is 12.0 Å². The lowest BCUT2D eigenvalue weighted by Gasteiger charge is -2.30. The lowest BCUT2D eigenvalue weighted by molar-refractivity contribution is 0.0519. The van der Waals surface area contributed by atoms with Crippen LogP contribution < -0.4 is 9.64 Å². The molecule has 128 valence electrons. The SMILES string of the molecule is CCOC(=O)c1coc(N2CCC(Oc3nccc(C)n3)CC2)n1. The molecule has 0 unspecified atom stereocenters. The van der Waals surface area contributed by atoms with Crippen LogP contribution in [0.4, 0.5) is 6.01 Å². The van der Waals surface area contributed by atoms with Gasteiger partial charge in [-0.05, 0) is 19.9 Å². The molecule has 0 N–H and O–H groups in total. The van der Waals surface area contributed by atoms with E-state index in [0.29, 0.717) is 18.6 Å². The molecule has 0 amide bonds. The number of piperidine rings is 1. The summed E-state index contributed by atoms with van der Waals surface area (Å²) >= 11 is 0. The minimum absolute atomic E-state index is 0.0579. The fourth-order valence-corrected chi connectivity index (χ4v) is 2.50. The molecule has 0 bridgehead atoms. The molecule has 0 spiro atoms. The monoisotopic (exact) mass is 332 g/mol. The number of oxazole rings is 1. The van der Waals surface area contributed by atoms with E-state index in [1.807, 2.05) is 17.9 Å². The van der Waals surface area contributed by atoms with Crippen LogP contribution >= 0.6 is 0 Å². The smallest absolute Gasteiger partial charge is 0.360 e. The number of hydrogen-bond donors (Lipinski definition) is 0. The van der Waals surface area contributed by atoms with Crippen molar-refractivity contribution < 1.29 is 18.7 Å². The number of carbonyl (C=O) groups is 1. The molecule has 3 heterocycles. The minimum atomic E-state index is -0.470. The quantitative estimate of drug-likeness (QED) is 0.768. The first-order chi connectivity index (χ1) is 11.7. The molecule has 8 nitrogen and oxygen atoms in total. The topological polar surface area (TPSA) is 90.6 Å². The molecule has 24 heavy (non-hydrogen) atoms. The highest BCUT2D eigenvalue weighted by Gasteiger charge is 2.25. The van der Waals surface area contributed by atoms with E-state index in [1.165, 1.54) is 6.26 Å². The van der Waals surface area contributed by atoms with Gasteiger partial charge in [-0.1, -0.05) is 0 Å². The van der Waals surface area contributed by atoms with Crippen LogP contribution in [0.5, 0.6) is 6.01 Å². The van der Waals surface area contributed by atoms with E-state index < -0.39 is 5.97 Å². The van der Waals surface area contributed by atoms with Crippen LogP contribution in [-0.2, 0) is 4.74 Å². The van der Waals surface area contributed by atoms with Crippen molar-refractivity contribution in [1.82, 2.24) is 15.0 Å². The van der Waals surface area contributed by atoms with Gasteiger partial charge >= 0.3 is 12.0 Å². The summed E-state index contributed by atoms with van der Waals surface area (Å²) in [5.41, 5.74) is 1.07. The Bertz CT molecular complexity index is 695. The minimum Gasteiger partial charge on any atom is -0.461 e. The molecule has 0 atom stereocenters. The lowest BCUT2D eigenvalue weighted by atomic mass is 10.1. The van der Waals surface area contributed by atoms with E-state index in [-0.39, 0.29) is 11.8 Å². The highest BCUT2D eigenvalue weighted by molar-refractivity contribution is 5.87. The number of rotatable bonds is 5. The first kappa shape index (κ1) is 16.2. The number of anilines is 1. The van der Waals surface area contributed by atoms with Crippen LogP contribution in [-0.4, -0.2) is 46.7 Å². The summed E-state index contributed by atoms with van der Waals surface area (Å²) < 4.78 is 16.1. The number of hydrogen-bond acceptors (Lipinski definition) is 8. The van der Waals surface area contributed by atoms with Crippen LogP contribution in [0.3, 0.4) is 0 Å². The molecule has 1 aliphatic heterocycles. The first-order valence-electron chi connectivity index (χ1n) is 7.99. The van der Waals surface area contributed by atoms with Gasteiger partial charge in [-0.3, -0.25) is 0 Å². The molecule has 0 aromatic carbocycles. The summed E-state index contributed by atoms with van der Waals surface area (Å²) in [6.07, 6.45) is 4.68. The van der Waals surface area contributed by atoms with Crippen molar-refractivity contribution in [2.24, 2.45) is 0 Å². The highest BCUT2D eigenvalue weighted by atomic mass is 16.5. The summed E-state index contributed by atoms with van der Waals surface area (Å²) in [5.74, 6) is -0.470. The Morgan fingerprint density at radius 2 is 2.17 bits per heavy atom. The second-order valence-corrected chi connectivity index (χ2v) is 5.52. The first-order valence-corrected chi connectivity index (χ1v) is 7.99. The Morgan fingerprint density at radius 1 is 1.38 bits per heavy atom. The van der Waals surface area contributed by atoms with Crippen LogP contribution in [0, 0.1) is 6.92 Å². The average Bonchev–Trinajstić information content (AvgIpc) is 3.06. The number of ether oxygens (including phenoxy) is 2. The van der Waals surface area contributed by atoms with Gasteiger partial charge in [0.15, 0.2) is 5.69 Å². The maximum atomic E-state index is 11.6. The van der Waals surface area contributed by atoms with Gasteiger partial charge in [-0.2, -0.15) is 4.98 Å². The second-order valence-electron chi connectivity index (χ2n) is 5.52. The third-order valence-corrected chi connectivity index (χ3v) is 3.73. The number of esters is 1. The molecule has 1 fully saturated rings. The fourth-order valence-electron chi connectivity index (χ4n) is 2.50. The molecule has 0 aliphatic carbocycles. The zero-order valence-electron chi connectivity index (χ0n) is 13.8. The fraction of sp³-hybridized carbons (Fsp3) is 0.500. The Balaban J connectivity index is 1.54. The van der Waals surface area contributed by atoms with Gasteiger partial charge in [-0.25, -0.2) is 14.8 Å². The van der Waals surface area contributed by atoms with Crippen LogP contribution in [0.15, 0.2) is 22.9 Å². The van der Waals surface area contributed by atoms with Gasteiger partial charge in [0.2, 0.25) is 0 Å². The van der Waals surface area contributed by atoms with Gasteiger partial charge < -0.3 is 18.8 Å². The van der Waals surface area contributed by atoms with Crippen molar-refractivity contribution in [3.05, 3.63) is 29.9 Å². The summed E-state index contributed by atoms with van der Waals surface area (Å²) in [5, 5.41) is 0. The maximum absolute atomic E-state index is 11.6. The van der Waals surface area contributed by atoms with Gasteiger partial charge in [-0.15, -0.1) is 0 Å². The van der Waals surface area contributed by atoms with Crippen LogP contribution in [0.2, 0.25) is 0 Å². The second kappa shape index (κ2) is 7.29. The maximum Gasteiger partial charge on any atom is 0.360 e. The third kappa shape index (κ3) is 3.81. The van der Waals surface area contributed by atoms with E-state index in [2.05, 4.69) is 15.0 Å². The zero-order chi connectivity index (χ0) is 16.9. The van der Waals surface area contributed by atoms with Crippen molar-refractivity contribution in [3.8, 4) is 6.01 Å². The van der Waals surface area contributed by atoms with Gasteiger partial charge in [0.05, 0.1) is 6.61 Å². The normalized spacial score (nSPS) is 15.3. The van der Waals surface area contributed by atoms with Crippen LogP contribution in [0.1, 0.15) is 35.9 Å². The number of aryl methyl sites for hydroxylation is 1. The molecular weight excluding hydrogens is 312 g/mol. The highest BCUT2D eigenvalue weighted by Crippen LogP contribution is 2.22. The van der Waals surface area contributed by atoms with Crippen molar-refractivity contribution in [2.75, 3.05) is 24.6 Å². The van der Waals surface area contributed by atoms with E-state index in [4.69, 9.17) is 13.9 Å². The zero-order valence-corrected chi connectivity index (χ0v) is 13.8. The van der Waals surface area contributed by atoms with Gasteiger partial charge in [0.1, 0.15) is 12.4 Å². The van der Waals surface area contributed by atoms with Crippen molar-refractivity contribution in [2.45, 2.75) is 32.8 Å². The third-order valence-electron chi connectivity index (χ3n) is 3.73. The number of carbonyl (C=O) groups excluding carboxylic acids is 1. The predicted molar refractivity (Wildman–Crippen MR) is 85.1 cm³/mol. The molecule has 3 rings (SSSR count). The predicted octanol–water partition coefficient (Wildman–Crippen LogP) is 2.00. The van der Waals surface area contributed by atoms with E-state index in [9.17, 15) is 4.79 Å². The standard InChI is InChI=1S/C16H20N4O4/c1-3-22-14(21)13-10-23-16(19-13)20-8-5-12(6-9-20)24-15-17-7-4-11(2)18-15/h4,7,10,12H,3,5-6,8-9H2,1-2H3. The number of nitrogens with zero attached hydrogens (tertiary/aromatic N) is 4. The van der Waals surface area contributed by atoms with Crippen molar-refractivity contribution in [1.29, 1.82) is 0 Å². The molecule has 8 heteroatoms. The molecule has 0 saturated carbocycles. The molecule has 0 radical (unpaired) electrons.